The Labute approximate surface area is 274 Å². The van der Waals surface area contributed by atoms with E-state index in [1.54, 1.807) is 47.1 Å². The summed E-state index contributed by atoms with van der Waals surface area (Å²) in [5.41, 5.74) is 2.23. The summed E-state index contributed by atoms with van der Waals surface area (Å²) >= 11 is 0. The highest BCUT2D eigenvalue weighted by molar-refractivity contribution is 6.09. The molecule has 0 radical (unpaired) electrons. The Hall–Kier alpha value is -4.80. The van der Waals surface area contributed by atoms with Crippen molar-refractivity contribution in [2.45, 2.75) is 57.2 Å². The first-order valence-corrected chi connectivity index (χ1v) is 16.1. The highest BCUT2D eigenvalue weighted by Crippen LogP contribution is 2.47. The smallest absolute Gasteiger partial charge is 0.264 e. The van der Waals surface area contributed by atoms with Gasteiger partial charge >= 0.3 is 0 Å². The van der Waals surface area contributed by atoms with Crippen LogP contribution in [0.2, 0.25) is 0 Å². The first kappa shape index (κ1) is 32.2. The highest BCUT2D eigenvalue weighted by atomic mass is 16.5. The van der Waals surface area contributed by atoms with E-state index in [4.69, 9.17) is 4.74 Å². The number of hydrazone groups is 1. The molecule has 3 amide bonds. The Balaban J connectivity index is 1.25. The lowest BCUT2D eigenvalue weighted by atomic mass is 9.83. The molecule has 244 valence electrons. The number of benzene rings is 3. The van der Waals surface area contributed by atoms with Crippen LogP contribution in [0, 0.1) is 5.92 Å². The van der Waals surface area contributed by atoms with Crippen molar-refractivity contribution in [2.75, 3.05) is 30.2 Å². The lowest BCUT2D eigenvalue weighted by Gasteiger charge is -2.28. The zero-order valence-electron chi connectivity index (χ0n) is 26.7. The number of rotatable bonds is 10. The van der Waals surface area contributed by atoms with E-state index in [0.717, 1.165) is 29.7 Å². The van der Waals surface area contributed by atoms with E-state index in [1.807, 2.05) is 54.6 Å². The Morgan fingerprint density at radius 1 is 1.09 bits per heavy atom. The highest BCUT2D eigenvalue weighted by Gasteiger charge is 2.52. The van der Waals surface area contributed by atoms with E-state index in [0.29, 0.717) is 42.1 Å². The molecule has 1 fully saturated rings. The summed E-state index contributed by atoms with van der Waals surface area (Å²) in [5, 5.41) is 27.9. The number of hydrogen-bond donors (Lipinski definition) is 2. The maximum Gasteiger partial charge on any atom is 0.264 e. The van der Waals surface area contributed by atoms with E-state index in [2.05, 4.69) is 5.10 Å². The summed E-state index contributed by atoms with van der Waals surface area (Å²) in [6.45, 7) is 2.46. The van der Waals surface area contributed by atoms with Crippen LogP contribution in [0.15, 0.2) is 90.0 Å². The van der Waals surface area contributed by atoms with E-state index < -0.39 is 17.4 Å². The summed E-state index contributed by atoms with van der Waals surface area (Å²) in [5.74, 6) is -0.862. The van der Waals surface area contributed by atoms with Crippen LogP contribution in [0.25, 0.3) is 0 Å². The Morgan fingerprint density at radius 3 is 2.66 bits per heavy atom. The third-order valence-electron chi connectivity index (χ3n) is 9.40. The summed E-state index contributed by atoms with van der Waals surface area (Å²) < 4.78 is 5.45. The normalized spacial score (nSPS) is 21.7. The maximum atomic E-state index is 14.2. The van der Waals surface area contributed by atoms with Gasteiger partial charge in [0, 0.05) is 37.3 Å². The molecule has 10 nitrogen and oxygen atoms in total. The molecule has 47 heavy (non-hydrogen) atoms. The van der Waals surface area contributed by atoms with E-state index in [9.17, 15) is 24.6 Å². The minimum absolute atomic E-state index is 0.0618. The molecule has 0 saturated carbocycles. The number of carbonyl (C=O) groups excluding carboxylic acids is 3. The van der Waals surface area contributed by atoms with Crippen LogP contribution >= 0.6 is 0 Å². The van der Waals surface area contributed by atoms with Crippen molar-refractivity contribution in [3.05, 3.63) is 102 Å². The number of fused-ring (bicyclic) bond motifs is 1. The molecular formula is C37H40N4O6. The molecule has 3 atom stereocenters. The topological polar surface area (TPSA) is 123 Å². The fourth-order valence-corrected chi connectivity index (χ4v) is 6.75. The van der Waals surface area contributed by atoms with Crippen molar-refractivity contribution in [3.8, 4) is 5.75 Å². The number of ether oxygens (including phenoxy) is 1. The SMILES string of the molecule is COc1ccc2c(c1)[C@@](O)([C@H](C)/C=C/CC(=O)N1CCC[C@H]1CO)C(=O)N2Cc1cccc(N2N=C(c3ccccc3)CCC2=O)c1. The predicted molar refractivity (Wildman–Crippen MR) is 179 cm³/mol. The minimum atomic E-state index is -1.90. The number of amides is 3. The van der Waals surface area contributed by atoms with Crippen molar-refractivity contribution in [1.82, 2.24) is 4.90 Å². The van der Waals surface area contributed by atoms with Gasteiger partial charge in [0.2, 0.25) is 11.8 Å². The summed E-state index contributed by atoms with van der Waals surface area (Å²) in [6.07, 6.45) is 6.04. The predicted octanol–water partition coefficient (Wildman–Crippen LogP) is 4.53. The molecule has 3 aliphatic heterocycles. The van der Waals surface area contributed by atoms with Crippen LogP contribution in [-0.4, -0.2) is 64.8 Å². The second kappa shape index (κ2) is 13.5. The first-order valence-electron chi connectivity index (χ1n) is 16.1. The number of carbonyl (C=O) groups is 3. The lowest BCUT2D eigenvalue weighted by Crippen LogP contribution is -2.44. The van der Waals surface area contributed by atoms with Gasteiger partial charge in [-0.3, -0.25) is 14.4 Å². The summed E-state index contributed by atoms with van der Waals surface area (Å²) in [4.78, 5) is 43.2. The van der Waals surface area contributed by atoms with Gasteiger partial charge in [-0.05, 0) is 54.3 Å². The van der Waals surface area contributed by atoms with Crippen LogP contribution in [-0.2, 0) is 26.5 Å². The Morgan fingerprint density at radius 2 is 1.89 bits per heavy atom. The molecule has 3 aromatic rings. The molecular weight excluding hydrogens is 596 g/mol. The average Bonchev–Trinajstić information content (AvgIpc) is 3.67. The molecule has 2 N–H and O–H groups in total. The van der Waals surface area contributed by atoms with Gasteiger partial charge in [0.15, 0.2) is 5.60 Å². The summed E-state index contributed by atoms with van der Waals surface area (Å²) in [7, 11) is 1.53. The van der Waals surface area contributed by atoms with Crippen LogP contribution in [0.1, 0.15) is 55.7 Å². The second-order valence-corrected chi connectivity index (χ2v) is 12.3. The molecule has 0 unspecified atom stereocenters. The maximum absolute atomic E-state index is 14.2. The molecule has 3 heterocycles. The third kappa shape index (κ3) is 6.18. The molecule has 6 rings (SSSR count). The first-order chi connectivity index (χ1) is 22.7. The van der Waals surface area contributed by atoms with Gasteiger partial charge in [0.25, 0.3) is 5.91 Å². The van der Waals surface area contributed by atoms with E-state index in [1.165, 1.54) is 12.1 Å². The fraction of sp³-hybridized carbons (Fsp3) is 0.351. The summed E-state index contributed by atoms with van der Waals surface area (Å²) in [6, 6.07) is 22.2. The fourth-order valence-electron chi connectivity index (χ4n) is 6.75. The van der Waals surface area contributed by atoms with Crippen LogP contribution in [0.3, 0.4) is 0 Å². The minimum Gasteiger partial charge on any atom is -0.497 e. The number of likely N-dealkylation sites (tertiary alicyclic amines) is 1. The molecule has 0 bridgehead atoms. The van der Waals surface area contributed by atoms with E-state index >= 15 is 0 Å². The number of methoxy groups -OCH3 is 1. The number of nitrogens with zero attached hydrogens (tertiary/aromatic N) is 4. The molecule has 0 spiro atoms. The number of anilines is 2. The van der Waals surface area contributed by atoms with Gasteiger partial charge < -0.3 is 24.7 Å². The molecule has 0 aromatic heterocycles. The van der Waals surface area contributed by atoms with Crippen molar-refractivity contribution in [1.29, 1.82) is 0 Å². The van der Waals surface area contributed by atoms with Crippen molar-refractivity contribution >= 4 is 34.8 Å². The van der Waals surface area contributed by atoms with Gasteiger partial charge in [-0.15, -0.1) is 0 Å². The van der Waals surface area contributed by atoms with Gasteiger partial charge in [0.05, 0.1) is 43.4 Å². The molecule has 10 heteroatoms. The number of hydrogen-bond acceptors (Lipinski definition) is 7. The van der Waals surface area contributed by atoms with Crippen molar-refractivity contribution < 1.29 is 29.3 Å². The van der Waals surface area contributed by atoms with Gasteiger partial charge in [0.1, 0.15) is 5.75 Å². The largest absolute Gasteiger partial charge is 0.497 e. The van der Waals surface area contributed by atoms with Gasteiger partial charge in [-0.2, -0.15) is 5.10 Å². The van der Waals surface area contributed by atoms with Crippen LogP contribution < -0.4 is 14.6 Å². The van der Waals surface area contributed by atoms with Crippen molar-refractivity contribution in [3.63, 3.8) is 0 Å². The number of aliphatic hydroxyl groups excluding tert-OH is 1. The molecule has 3 aliphatic rings. The Bertz CT molecular complexity index is 1720. The van der Waals surface area contributed by atoms with Gasteiger partial charge in [-0.25, -0.2) is 5.01 Å². The zero-order valence-corrected chi connectivity index (χ0v) is 26.7. The second-order valence-electron chi connectivity index (χ2n) is 12.3. The van der Waals surface area contributed by atoms with Gasteiger partial charge in [-0.1, -0.05) is 61.5 Å². The Kier molecular flexibility index (Phi) is 9.24. The van der Waals surface area contributed by atoms with Crippen LogP contribution in [0.4, 0.5) is 11.4 Å². The third-order valence-corrected chi connectivity index (χ3v) is 9.40. The zero-order chi connectivity index (χ0) is 33.1. The molecule has 0 aliphatic carbocycles. The standard InChI is InChI=1S/C37H40N4O6/c1-25(9-6-15-34(43)39-20-8-14-29(39)24-42)37(46)31-22-30(47-2)16-18-33(31)40(36(37)45)23-26-10-7-13-28(21-26)41-35(44)19-17-32(38-41)27-11-4-3-5-12-27/h3-7,9-13,16,18,21-22,25,29,42,46H,8,14-15,17,19-20,23-24H2,1-2H3/b9-6+/t25-,29+,37+/m1/s1. The quantitative estimate of drug-likeness (QED) is 0.316. The van der Waals surface area contributed by atoms with Crippen molar-refractivity contribution in [2.24, 2.45) is 11.0 Å². The molecule has 3 aromatic carbocycles. The molecule has 1 saturated heterocycles. The number of aliphatic hydroxyl groups is 2. The lowest BCUT2D eigenvalue weighted by molar-refractivity contribution is -0.139. The van der Waals surface area contributed by atoms with Crippen LogP contribution in [0.5, 0.6) is 5.75 Å². The average molecular weight is 637 g/mol. The van der Waals surface area contributed by atoms with E-state index in [-0.39, 0.29) is 37.4 Å². The monoisotopic (exact) mass is 636 g/mol.